The Morgan fingerprint density at radius 3 is 2.68 bits per heavy atom. The molecule has 132 valence electrons. The molecule has 0 spiro atoms. The van der Waals surface area contributed by atoms with Crippen molar-refractivity contribution in [3.63, 3.8) is 0 Å². The van der Waals surface area contributed by atoms with Crippen LogP contribution >= 0.6 is 0 Å². The van der Waals surface area contributed by atoms with Gasteiger partial charge in [-0.25, -0.2) is 9.20 Å². The average Bonchev–Trinajstić information content (AvgIpc) is 2.94. The van der Waals surface area contributed by atoms with E-state index in [1.807, 2.05) is 12.1 Å². The van der Waals surface area contributed by atoms with E-state index in [-0.39, 0.29) is 22.7 Å². The van der Waals surface area contributed by atoms with E-state index in [2.05, 4.69) is 24.0 Å². The van der Waals surface area contributed by atoms with Crippen molar-refractivity contribution < 1.29 is 18.3 Å². The Hall–Kier alpha value is -2.04. The molecule has 7 heteroatoms. The van der Waals surface area contributed by atoms with E-state index in [0.29, 0.717) is 17.9 Å². The third-order valence-corrected chi connectivity index (χ3v) is 6.83. The van der Waals surface area contributed by atoms with Crippen LogP contribution in [0.4, 0.5) is 0 Å². The minimum atomic E-state index is -1.82. The van der Waals surface area contributed by atoms with Crippen molar-refractivity contribution in [1.29, 1.82) is 5.26 Å². The molecule has 25 heavy (non-hydrogen) atoms. The predicted octanol–water partition coefficient (Wildman–Crippen LogP) is 2.92. The number of fused-ring (bicyclic) bond motifs is 2. The minimum Gasteiger partial charge on any atom is -0.299 e. The SMILES string of the molecule is CC1(C)C2CCC1(CS(=O)OON=C(C#N)c1ccccc1)C(=O)C2. The lowest BCUT2D eigenvalue weighted by atomic mass is 9.70. The number of hydrogen-bond donors (Lipinski definition) is 0. The summed E-state index contributed by atoms with van der Waals surface area (Å²) in [5, 5.41) is 12.7. The summed E-state index contributed by atoms with van der Waals surface area (Å²) in [5.41, 5.74) is -0.209. The number of benzene rings is 1. The van der Waals surface area contributed by atoms with Crippen LogP contribution in [0.2, 0.25) is 0 Å². The zero-order valence-corrected chi connectivity index (χ0v) is 15.0. The molecule has 0 radical (unpaired) electrons. The summed E-state index contributed by atoms with van der Waals surface area (Å²) in [7, 11) is 0. The maximum Gasteiger partial charge on any atom is 0.203 e. The monoisotopic (exact) mass is 360 g/mol. The summed E-state index contributed by atoms with van der Waals surface area (Å²) in [6, 6.07) is 10.7. The van der Waals surface area contributed by atoms with Crippen LogP contribution in [0.15, 0.2) is 35.5 Å². The third kappa shape index (κ3) is 3.00. The van der Waals surface area contributed by atoms with Gasteiger partial charge in [-0.15, -0.1) is 0 Å². The summed E-state index contributed by atoms with van der Waals surface area (Å²) < 4.78 is 17.1. The lowest BCUT2D eigenvalue weighted by Gasteiger charge is -2.35. The molecule has 0 saturated heterocycles. The van der Waals surface area contributed by atoms with Crippen molar-refractivity contribution in [1.82, 2.24) is 0 Å². The summed E-state index contributed by atoms with van der Waals surface area (Å²) in [6.45, 7) is 4.13. The molecule has 6 nitrogen and oxygen atoms in total. The van der Waals surface area contributed by atoms with Crippen LogP contribution in [0.25, 0.3) is 0 Å². The predicted molar refractivity (Wildman–Crippen MR) is 92.3 cm³/mol. The Morgan fingerprint density at radius 1 is 1.40 bits per heavy atom. The summed E-state index contributed by atoms with van der Waals surface area (Å²) >= 11 is -1.82. The Morgan fingerprint density at radius 2 is 2.12 bits per heavy atom. The molecule has 0 heterocycles. The zero-order valence-electron chi connectivity index (χ0n) is 14.2. The second-order valence-corrected chi connectivity index (χ2v) is 8.21. The van der Waals surface area contributed by atoms with Crippen molar-refractivity contribution in [2.75, 3.05) is 5.75 Å². The molecule has 0 N–H and O–H groups in total. The average molecular weight is 360 g/mol. The smallest absolute Gasteiger partial charge is 0.203 e. The molecule has 2 fully saturated rings. The van der Waals surface area contributed by atoms with E-state index < -0.39 is 16.5 Å². The molecule has 0 aromatic heterocycles. The van der Waals surface area contributed by atoms with Crippen molar-refractivity contribution >= 4 is 22.6 Å². The van der Waals surface area contributed by atoms with Gasteiger partial charge in [0.25, 0.3) is 0 Å². The normalized spacial score (nSPS) is 28.6. The molecule has 1 aromatic carbocycles. The van der Waals surface area contributed by atoms with Gasteiger partial charge in [-0.05, 0) is 29.3 Å². The number of Topliss-reactive ketones (excluding diaryl/α,β-unsaturated/α-hetero) is 1. The molecule has 0 amide bonds. The fourth-order valence-electron chi connectivity index (χ4n) is 4.15. The molecule has 3 unspecified atom stereocenters. The fourth-order valence-corrected chi connectivity index (χ4v) is 5.38. The largest absolute Gasteiger partial charge is 0.299 e. The van der Waals surface area contributed by atoms with E-state index in [1.165, 1.54) is 0 Å². The molecular weight excluding hydrogens is 340 g/mol. The molecule has 2 saturated carbocycles. The second-order valence-electron chi connectivity index (χ2n) is 7.18. The van der Waals surface area contributed by atoms with Gasteiger partial charge in [-0.3, -0.25) is 4.79 Å². The Labute approximate surface area is 149 Å². The fraction of sp³-hybridized carbons (Fsp3) is 0.500. The first-order chi connectivity index (χ1) is 11.9. The van der Waals surface area contributed by atoms with E-state index >= 15 is 0 Å². The van der Waals surface area contributed by atoms with E-state index in [9.17, 15) is 9.00 Å². The van der Waals surface area contributed by atoms with Crippen LogP contribution in [0.5, 0.6) is 0 Å². The molecule has 3 rings (SSSR count). The zero-order chi connectivity index (χ0) is 18.1. The van der Waals surface area contributed by atoms with Crippen LogP contribution in [-0.4, -0.2) is 21.5 Å². The Kier molecular flexibility index (Phi) is 4.76. The number of carbonyl (C=O) groups excluding carboxylic acids is 1. The van der Waals surface area contributed by atoms with Crippen molar-refractivity contribution in [2.24, 2.45) is 21.9 Å². The molecule has 1 aromatic rings. The number of nitriles is 1. The maximum atomic E-state index is 12.4. The molecule has 2 bridgehead atoms. The van der Waals surface area contributed by atoms with Crippen LogP contribution in [-0.2, 0) is 25.2 Å². The summed E-state index contributed by atoms with van der Waals surface area (Å²) in [6.07, 6.45) is 2.26. The summed E-state index contributed by atoms with van der Waals surface area (Å²) in [4.78, 5) is 17.1. The minimum absolute atomic E-state index is 0.0222. The first-order valence-corrected chi connectivity index (χ1v) is 9.44. The number of hydrogen-bond acceptors (Lipinski definition) is 6. The first kappa shape index (κ1) is 17.8. The van der Waals surface area contributed by atoms with Gasteiger partial charge in [-0.2, -0.15) is 5.26 Å². The van der Waals surface area contributed by atoms with E-state index in [1.54, 1.807) is 24.3 Å². The third-order valence-electron chi connectivity index (χ3n) is 5.89. The number of ketones is 1. The van der Waals surface area contributed by atoms with E-state index in [4.69, 9.17) is 9.60 Å². The Balaban J connectivity index is 1.63. The van der Waals surface area contributed by atoms with Gasteiger partial charge >= 0.3 is 0 Å². The van der Waals surface area contributed by atoms with Gasteiger partial charge in [0.15, 0.2) is 5.71 Å². The first-order valence-electron chi connectivity index (χ1n) is 8.20. The van der Waals surface area contributed by atoms with Gasteiger partial charge in [0, 0.05) is 17.4 Å². The van der Waals surface area contributed by atoms with Crippen LogP contribution in [0, 0.1) is 28.1 Å². The quantitative estimate of drug-likeness (QED) is 0.442. The molecule has 0 aliphatic heterocycles. The van der Waals surface area contributed by atoms with Crippen molar-refractivity contribution in [2.45, 2.75) is 33.1 Å². The van der Waals surface area contributed by atoms with Crippen LogP contribution in [0.3, 0.4) is 0 Å². The van der Waals surface area contributed by atoms with Crippen LogP contribution in [0.1, 0.15) is 38.7 Å². The lowest BCUT2D eigenvalue weighted by Crippen LogP contribution is -2.41. The van der Waals surface area contributed by atoms with Crippen molar-refractivity contribution in [3.8, 4) is 6.07 Å². The van der Waals surface area contributed by atoms with Gasteiger partial charge in [0.2, 0.25) is 11.1 Å². The van der Waals surface area contributed by atoms with Gasteiger partial charge in [-0.1, -0.05) is 48.5 Å². The highest BCUT2D eigenvalue weighted by molar-refractivity contribution is 7.80. The highest BCUT2D eigenvalue weighted by Crippen LogP contribution is 2.64. The van der Waals surface area contributed by atoms with Crippen molar-refractivity contribution in [3.05, 3.63) is 35.9 Å². The molecule has 2 aliphatic carbocycles. The molecule has 2 aliphatic rings. The highest BCUT2D eigenvalue weighted by Gasteiger charge is 2.64. The summed E-state index contributed by atoms with van der Waals surface area (Å²) in [5.74, 6) is 0.605. The number of nitrogens with zero attached hydrogens (tertiary/aromatic N) is 2. The molecular formula is C18H20N2O4S. The highest BCUT2D eigenvalue weighted by atomic mass is 32.2. The lowest BCUT2D eigenvalue weighted by molar-refractivity contribution is -0.197. The standard InChI is InChI=1S/C18H20N2O4S/c1-17(2)14-8-9-18(17,16(21)10-14)12-25(22)24-23-20-15(11-19)13-6-4-3-5-7-13/h3-7,14H,8-10,12H2,1-2H3. The number of carbonyl (C=O) groups is 1. The van der Waals surface area contributed by atoms with Gasteiger partial charge in [0.1, 0.15) is 11.9 Å². The molecule has 3 atom stereocenters. The van der Waals surface area contributed by atoms with E-state index in [0.717, 1.165) is 12.8 Å². The maximum absolute atomic E-state index is 12.4. The Bertz CT molecular complexity index is 769. The van der Waals surface area contributed by atoms with Gasteiger partial charge < -0.3 is 0 Å². The van der Waals surface area contributed by atoms with Gasteiger partial charge in [0.05, 0.1) is 5.75 Å². The number of rotatable bonds is 6. The van der Waals surface area contributed by atoms with Crippen LogP contribution < -0.4 is 0 Å². The topological polar surface area (TPSA) is 88.8 Å². The second kappa shape index (κ2) is 6.70. The number of oxime groups is 1.